The van der Waals surface area contributed by atoms with E-state index in [1.54, 1.807) is 30.3 Å². The van der Waals surface area contributed by atoms with E-state index >= 15 is 0 Å². The lowest BCUT2D eigenvalue weighted by Crippen LogP contribution is -2.39. The zero-order valence-corrected chi connectivity index (χ0v) is 22.0. The fourth-order valence-electron chi connectivity index (χ4n) is 3.75. The van der Waals surface area contributed by atoms with E-state index in [0.717, 1.165) is 42.9 Å². The van der Waals surface area contributed by atoms with Crippen molar-refractivity contribution in [3.8, 4) is 17.2 Å². The molecular weight excluding hydrogens is 500 g/mol. The molecule has 1 saturated heterocycles. The first-order valence-corrected chi connectivity index (χ1v) is 13.6. The van der Waals surface area contributed by atoms with Gasteiger partial charge in [-0.25, -0.2) is 13.8 Å². The smallest absolute Gasteiger partial charge is 0.260 e. The van der Waals surface area contributed by atoms with E-state index in [2.05, 4.69) is 10.5 Å². The SMILES string of the molecule is COc1ccc(N(CC(=O)N/N=C\c2ccc(OCC(=O)N3CCCCC3)cc2)S(C)(=O)=O)cc1OC. The van der Waals surface area contributed by atoms with Crippen LogP contribution in [0.1, 0.15) is 24.8 Å². The zero-order chi connectivity index (χ0) is 26.8. The molecule has 2 aromatic carbocycles. The average molecular weight is 533 g/mol. The van der Waals surface area contributed by atoms with Crippen LogP contribution >= 0.6 is 0 Å². The van der Waals surface area contributed by atoms with Crippen LogP contribution in [0.5, 0.6) is 17.2 Å². The Hall–Kier alpha value is -3.80. The first-order chi connectivity index (χ1) is 17.7. The number of sulfonamides is 1. The Balaban J connectivity index is 1.54. The second kappa shape index (κ2) is 12.9. The molecule has 0 saturated carbocycles. The first kappa shape index (κ1) is 27.8. The Morgan fingerprint density at radius 3 is 2.32 bits per heavy atom. The highest BCUT2D eigenvalue weighted by atomic mass is 32.2. The number of carbonyl (C=O) groups is 2. The number of carbonyl (C=O) groups excluding carboxylic acids is 2. The topological polar surface area (TPSA) is 127 Å². The molecule has 0 spiro atoms. The van der Waals surface area contributed by atoms with Crippen LogP contribution in [0.2, 0.25) is 0 Å². The van der Waals surface area contributed by atoms with Gasteiger partial charge in [-0.3, -0.25) is 13.9 Å². The second-order valence-corrected chi connectivity index (χ2v) is 10.3. The molecular formula is C25H32N4O7S. The third-order valence-electron chi connectivity index (χ3n) is 5.70. The van der Waals surface area contributed by atoms with Crippen LogP contribution in [-0.2, 0) is 19.6 Å². The van der Waals surface area contributed by atoms with Crippen LogP contribution in [0, 0.1) is 0 Å². The number of hydrazone groups is 1. The van der Waals surface area contributed by atoms with Gasteiger partial charge in [0.2, 0.25) is 10.0 Å². The molecule has 37 heavy (non-hydrogen) atoms. The Labute approximate surface area is 217 Å². The van der Waals surface area contributed by atoms with Gasteiger partial charge in [0.15, 0.2) is 18.1 Å². The number of ether oxygens (including phenoxy) is 3. The van der Waals surface area contributed by atoms with E-state index in [9.17, 15) is 18.0 Å². The van der Waals surface area contributed by atoms with Gasteiger partial charge in [-0.05, 0) is 61.2 Å². The maximum atomic E-state index is 12.4. The van der Waals surface area contributed by atoms with Crippen LogP contribution in [-0.4, -0.2) is 78.1 Å². The standard InChI is InChI=1S/C25H32N4O7S/c1-34-22-12-9-20(15-23(22)35-2)29(37(3,32)33)17-24(30)27-26-16-19-7-10-21(11-8-19)36-18-25(31)28-13-5-4-6-14-28/h7-12,15-16H,4-6,13-14,17-18H2,1-3H3,(H,27,30)/b26-16-. The van der Waals surface area contributed by atoms with Gasteiger partial charge < -0.3 is 19.1 Å². The monoisotopic (exact) mass is 532 g/mol. The van der Waals surface area contributed by atoms with Gasteiger partial charge in [-0.15, -0.1) is 0 Å². The van der Waals surface area contributed by atoms with Crippen molar-refractivity contribution in [3.05, 3.63) is 48.0 Å². The van der Waals surface area contributed by atoms with Gasteiger partial charge in [0.25, 0.3) is 11.8 Å². The summed E-state index contributed by atoms with van der Waals surface area (Å²) in [7, 11) is -0.875. The summed E-state index contributed by atoms with van der Waals surface area (Å²) in [6.07, 6.45) is 5.63. The Morgan fingerprint density at radius 1 is 1.03 bits per heavy atom. The zero-order valence-electron chi connectivity index (χ0n) is 21.2. The fraction of sp³-hybridized carbons (Fsp3) is 0.400. The molecule has 2 aromatic rings. The number of hydrogen-bond donors (Lipinski definition) is 1. The van der Waals surface area contributed by atoms with Crippen LogP contribution in [0.3, 0.4) is 0 Å². The van der Waals surface area contributed by atoms with E-state index in [0.29, 0.717) is 22.8 Å². The van der Waals surface area contributed by atoms with Gasteiger partial charge in [0, 0.05) is 19.2 Å². The number of benzene rings is 2. The third-order valence-corrected chi connectivity index (χ3v) is 6.84. The quantitative estimate of drug-likeness (QED) is 0.346. The molecule has 0 radical (unpaired) electrons. The van der Waals surface area contributed by atoms with E-state index < -0.39 is 22.5 Å². The lowest BCUT2D eigenvalue weighted by Gasteiger charge is -2.26. The highest BCUT2D eigenvalue weighted by Crippen LogP contribution is 2.32. The number of hydrogen-bond acceptors (Lipinski definition) is 8. The van der Waals surface area contributed by atoms with Crippen molar-refractivity contribution >= 4 is 33.7 Å². The summed E-state index contributed by atoms with van der Waals surface area (Å²) < 4.78 is 41.6. The summed E-state index contributed by atoms with van der Waals surface area (Å²) in [5.41, 5.74) is 3.25. The molecule has 1 fully saturated rings. The molecule has 11 nitrogen and oxygen atoms in total. The number of rotatable bonds is 11. The number of methoxy groups -OCH3 is 2. The largest absolute Gasteiger partial charge is 0.493 e. The van der Waals surface area contributed by atoms with Crippen LogP contribution in [0.15, 0.2) is 47.6 Å². The van der Waals surface area contributed by atoms with E-state index in [4.69, 9.17) is 14.2 Å². The number of nitrogens with one attached hydrogen (secondary N) is 1. The molecule has 1 aliphatic rings. The molecule has 0 aliphatic carbocycles. The molecule has 3 rings (SSSR count). The fourth-order valence-corrected chi connectivity index (χ4v) is 4.60. The van der Waals surface area contributed by atoms with Crippen molar-refractivity contribution in [2.45, 2.75) is 19.3 Å². The molecule has 1 aliphatic heterocycles. The van der Waals surface area contributed by atoms with Crippen molar-refractivity contribution in [3.63, 3.8) is 0 Å². The van der Waals surface area contributed by atoms with Gasteiger partial charge in [-0.2, -0.15) is 5.10 Å². The molecule has 0 aromatic heterocycles. The number of anilines is 1. The van der Waals surface area contributed by atoms with E-state index in [1.165, 1.54) is 32.6 Å². The van der Waals surface area contributed by atoms with Crippen molar-refractivity contribution in [1.82, 2.24) is 10.3 Å². The molecule has 12 heteroatoms. The molecule has 0 unspecified atom stereocenters. The molecule has 0 atom stereocenters. The number of piperidine rings is 1. The Bertz CT molecular complexity index is 1210. The minimum Gasteiger partial charge on any atom is -0.493 e. The van der Waals surface area contributed by atoms with Crippen LogP contribution in [0.25, 0.3) is 0 Å². The molecule has 0 bridgehead atoms. The average Bonchev–Trinajstić information content (AvgIpc) is 2.90. The lowest BCUT2D eigenvalue weighted by atomic mass is 10.1. The molecule has 2 amide bonds. The Morgan fingerprint density at radius 2 is 1.70 bits per heavy atom. The first-order valence-electron chi connectivity index (χ1n) is 11.7. The van der Waals surface area contributed by atoms with Crippen molar-refractivity contribution < 1.29 is 32.2 Å². The maximum Gasteiger partial charge on any atom is 0.260 e. The van der Waals surface area contributed by atoms with Crippen molar-refractivity contribution in [2.24, 2.45) is 5.10 Å². The second-order valence-electron chi connectivity index (χ2n) is 8.40. The summed E-state index contributed by atoms with van der Waals surface area (Å²) >= 11 is 0. The normalized spacial score (nSPS) is 13.8. The molecule has 1 heterocycles. The number of nitrogens with zero attached hydrogens (tertiary/aromatic N) is 3. The molecule has 200 valence electrons. The van der Waals surface area contributed by atoms with Crippen LogP contribution < -0.4 is 23.9 Å². The summed E-state index contributed by atoms with van der Waals surface area (Å²) in [4.78, 5) is 26.5. The van der Waals surface area contributed by atoms with Crippen molar-refractivity contribution in [2.75, 3.05) is 51.0 Å². The predicted molar refractivity (Wildman–Crippen MR) is 140 cm³/mol. The van der Waals surface area contributed by atoms with E-state index in [-0.39, 0.29) is 18.2 Å². The van der Waals surface area contributed by atoms with Gasteiger partial charge in [0.1, 0.15) is 12.3 Å². The predicted octanol–water partition coefficient (Wildman–Crippen LogP) is 2.01. The van der Waals surface area contributed by atoms with E-state index in [1.807, 2.05) is 4.90 Å². The van der Waals surface area contributed by atoms with Gasteiger partial charge >= 0.3 is 0 Å². The maximum absolute atomic E-state index is 12.4. The lowest BCUT2D eigenvalue weighted by molar-refractivity contribution is -0.134. The minimum atomic E-state index is -3.78. The summed E-state index contributed by atoms with van der Waals surface area (Å²) in [6.45, 7) is 1.06. The summed E-state index contributed by atoms with van der Waals surface area (Å²) in [6, 6.07) is 11.4. The third kappa shape index (κ3) is 8.10. The highest BCUT2D eigenvalue weighted by Gasteiger charge is 2.22. The minimum absolute atomic E-state index is 0.0135. The summed E-state index contributed by atoms with van der Waals surface area (Å²) in [5.74, 6) is 0.649. The number of amides is 2. The Kier molecular flexibility index (Phi) is 9.72. The highest BCUT2D eigenvalue weighted by molar-refractivity contribution is 7.92. The van der Waals surface area contributed by atoms with Gasteiger partial charge in [0.05, 0.1) is 32.4 Å². The summed E-state index contributed by atoms with van der Waals surface area (Å²) in [5, 5.41) is 3.90. The van der Waals surface area contributed by atoms with Gasteiger partial charge in [-0.1, -0.05) is 0 Å². The van der Waals surface area contributed by atoms with Crippen LogP contribution in [0.4, 0.5) is 5.69 Å². The van der Waals surface area contributed by atoms with Crippen molar-refractivity contribution in [1.29, 1.82) is 0 Å². The number of likely N-dealkylation sites (tertiary alicyclic amines) is 1. The molecule has 1 N–H and O–H groups in total.